The fraction of sp³-hybridized carbons (Fsp3) is 0.158. The molecule has 3 aromatic rings. The molecule has 1 heterocycles. The third-order valence-electron chi connectivity index (χ3n) is 3.75. The second-order valence-corrected chi connectivity index (χ2v) is 6.58. The lowest BCUT2D eigenvalue weighted by Crippen LogP contribution is -2.30. The quantitative estimate of drug-likeness (QED) is 0.619. The summed E-state index contributed by atoms with van der Waals surface area (Å²) in [6.45, 7) is 1.21. The van der Waals surface area contributed by atoms with Gasteiger partial charge < -0.3 is 10.6 Å². The molecule has 1 aromatic heterocycles. The zero-order chi connectivity index (χ0) is 18.4. The molecule has 0 bridgehead atoms. The van der Waals surface area contributed by atoms with E-state index in [-0.39, 0.29) is 5.82 Å². The normalized spacial score (nSPS) is 10.5. The van der Waals surface area contributed by atoms with E-state index in [1.165, 1.54) is 17.7 Å². The molecule has 0 unspecified atom stereocenters. The number of benzene rings is 2. The monoisotopic (exact) mass is 388 g/mol. The van der Waals surface area contributed by atoms with Crippen LogP contribution >= 0.6 is 23.8 Å². The SMILES string of the molecule is Fc1ccc(Cn2cc(Cl)c(NC(=S)NCCc3ccccc3)n2)cc1. The molecule has 26 heavy (non-hydrogen) atoms. The van der Waals surface area contributed by atoms with Gasteiger partial charge in [0.15, 0.2) is 10.9 Å². The summed E-state index contributed by atoms with van der Waals surface area (Å²) < 4.78 is 14.7. The molecule has 0 saturated carbocycles. The molecule has 7 heteroatoms. The molecule has 0 radical (unpaired) electrons. The molecule has 3 rings (SSSR count). The lowest BCUT2D eigenvalue weighted by atomic mass is 10.1. The zero-order valence-electron chi connectivity index (χ0n) is 14.0. The predicted molar refractivity (Wildman–Crippen MR) is 107 cm³/mol. The van der Waals surface area contributed by atoms with E-state index in [2.05, 4.69) is 27.9 Å². The van der Waals surface area contributed by atoms with E-state index >= 15 is 0 Å². The summed E-state index contributed by atoms with van der Waals surface area (Å²) in [5, 5.41) is 11.5. The molecule has 2 N–H and O–H groups in total. The van der Waals surface area contributed by atoms with Crippen molar-refractivity contribution in [2.45, 2.75) is 13.0 Å². The van der Waals surface area contributed by atoms with E-state index in [4.69, 9.17) is 23.8 Å². The Labute approximate surface area is 162 Å². The number of aromatic nitrogens is 2. The maximum absolute atomic E-state index is 13.0. The van der Waals surface area contributed by atoms with E-state index in [9.17, 15) is 4.39 Å². The fourth-order valence-electron chi connectivity index (χ4n) is 2.46. The minimum Gasteiger partial charge on any atom is -0.362 e. The van der Waals surface area contributed by atoms with Crippen molar-refractivity contribution in [3.05, 3.63) is 82.8 Å². The van der Waals surface area contributed by atoms with Crippen LogP contribution in [0, 0.1) is 5.82 Å². The molecule has 0 aliphatic rings. The molecule has 0 amide bonds. The average Bonchev–Trinajstić information content (AvgIpc) is 2.97. The first-order chi connectivity index (χ1) is 12.6. The average molecular weight is 389 g/mol. The molecule has 4 nitrogen and oxygen atoms in total. The number of hydrogen-bond acceptors (Lipinski definition) is 2. The summed E-state index contributed by atoms with van der Waals surface area (Å²) in [5.74, 6) is 0.229. The molecule has 0 aliphatic heterocycles. The third kappa shape index (κ3) is 5.28. The van der Waals surface area contributed by atoms with Gasteiger partial charge in [-0.25, -0.2) is 4.39 Å². The number of nitrogens with one attached hydrogen (secondary N) is 2. The number of rotatable bonds is 6. The van der Waals surface area contributed by atoms with Crippen LogP contribution in [0.2, 0.25) is 5.02 Å². The molecule has 0 spiro atoms. The Kier molecular flexibility index (Phi) is 6.20. The van der Waals surface area contributed by atoms with Crippen LogP contribution in [-0.2, 0) is 13.0 Å². The first-order valence-electron chi connectivity index (χ1n) is 8.16. The second-order valence-electron chi connectivity index (χ2n) is 5.77. The highest BCUT2D eigenvalue weighted by atomic mass is 35.5. The van der Waals surface area contributed by atoms with Crippen molar-refractivity contribution in [1.82, 2.24) is 15.1 Å². The van der Waals surface area contributed by atoms with Crippen molar-refractivity contribution in [3.63, 3.8) is 0 Å². The van der Waals surface area contributed by atoms with Crippen LogP contribution in [0.4, 0.5) is 10.2 Å². The van der Waals surface area contributed by atoms with Gasteiger partial charge in [-0.15, -0.1) is 0 Å². The Morgan fingerprint density at radius 3 is 2.54 bits per heavy atom. The standard InChI is InChI=1S/C19H18ClFN4S/c20-17-13-25(12-15-6-8-16(21)9-7-15)24-18(17)23-19(26)22-11-10-14-4-2-1-3-5-14/h1-9,13H,10-12H2,(H2,22,23,24,26). The Morgan fingerprint density at radius 2 is 1.81 bits per heavy atom. The maximum atomic E-state index is 13.0. The molecular formula is C19H18ClFN4S. The number of hydrogen-bond donors (Lipinski definition) is 2. The van der Waals surface area contributed by atoms with Crippen molar-refractivity contribution < 1.29 is 4.39 Å². The summed E-state index contributed by atoms with van der Waals surface area (Å²) in [6, 6.07) is 16.4. The summed E-state index contributed by atoms with van der Waals surface area (Å²) >= 11 is 11.5. The van der Waals surface area contributed by atoms with E-state index in [0.29, 0.717) is 29.0 Å². The smallest absolute Gasteiger partial charge is 0.173 e. The van der Waals surface area contributed by atoms with E-state index in [0.717, 1.165) is 12.0 Å². The maximum Gasteiger partial charge on any atom is 0.173 e. The number of nitrogens with zero attached hydrogens (tertiary/aromatic N) is 2. The molecule has 2 aromatic carbocycles. The van der Waals surface area contributed by atoms with Crippen molar-refractivity contribution in [1.29, 1.82) is 0 Å². The third-order valence-corrected chi connectivity index (χ3v) is 4.27. The summed E-state index contributed by atoms with van der Waals surface area (Å²) in [4.78, 5) is 0. The van der Waals surface area contributed by atoms with Crippen molar-refractivity contribution in [2.24, 2.45) is 0 Å². The summed E-state index contributed by atoms with van der Waals surface area (Å²) in [7, 11) is 0. The topological polar surface area (TPSA) is 41.9 Å². The molecule has 0 atom stereocenters. The van der Waals surface area contributed by atoms with E-state index < -0.39 is 0 Å². The number of halogens is 2. The van der Waals surface area contributed by atoms with Gasteiger partial charge in [0.05, 0.1) is 6.54 Å². The van der Waals surface area contributed by atoms with Crippen LogP contribution in [-0.4, -0.2) is 21.4 Å². The van der Waals surface area contributed by atoms with Gasteiger partial charge in [0.25, 0.3) is 0 Å². The fourth-order valence-corrected chi connectivity index (χ4v) is 2.85. The van der Waals surface area contributed by atoms with Crippen LogP contribution < -0.4 is 10.6 Å². The Balaban J connectivity index is 1.52. The highest BCUT2D eigenvalue weighted by Crippen LogP contribution is 2.20. The minimum absolute atomic E-state index is 0.262. The number of thiocarbonyl (C=S) groups is 1. The Morgan fingerprint density at radius 1 is 1.08 bits per heavy atom. The highest BCUT2D eigenvalue weighted by Gasteiger charge is 2.09. The van der Waals surface area contributed by atoms with Crippen LogP contribution in [0.3, 0.4) is 0 Å². The van der Waals surface area contributed by atoms with Crippen LogP contribution in [0.15, 0.2) is 60.8 Å². The van der Waals surface area contributed by atoms with Gasteiger partial charge in [-0.1, -0.05) is 54.1 Å². The largest absolute Gasteiger partial charge is 0.362 e. The van der Waals surface area contributed by atoms with Crippen LogP contribution in [0.25, 0.3) is 0 Å². The van der Waals surface area contributed by atoms with Gasteiger partial charge in [-0.05, 0) is 41.9 Å². The minimum atomic E-state index is -0.262. The first kappa shape index (κ1) is 18.4. The zero-order valence-corrected chi connectivity index (χ0v) is 15.5. The van der Waals surface area contributed by atoms with Gasteiger partial charge >= 0.3 is 0 Å². The summed E-state index contributed by atoms with van der Waals surface area (Å²) in [5.41, 5.74) is 2.17. The molecular weight excluding hydrogens is 371 g/mol. The van der Waals surface area contributed by atoms with Gasteiger partial charge in [0, 0.05) is 12.7 Å². The summed E-state index contributed by atoms with van der Waals surface area (Å²) in [6.07, 6.45) is 2.58. The van der Waals surface area contributed by atoms with Crippen LogP contribution in [0.1, 0.15) is 11.1 Å². The molecule has 0 fully saturated rings. The Hall–Kier alpha value is -2.44. The molecule has 0 aliphatic carbocycles. The lowest BCUT2D eigenvalue weighted by molar-refractivity contribution is 0.624. The Bertz CT molecular complexity index is 865. The van der Waals surface area contributed by atoms with Crippen molar-refractivity contribution in [2.75, 3.05) is 11.9 Å². The van der Waals surface area contributed by atoms with E-state index in [1.54, 1.807) is 23.0 Å². The second kappa shape index (κ2) is 8.78. The van der Waals surface area contributed by atoms with Gasteiger partial charge in [-0.2, -0.15) is 5.10 Å². The van der Waals surface area contributed by atoms with Crippen molar-refractivity contribution >= 4 is 34.7 Å². The highest BCUT2D eigenvalue weighted by molar-refractivity contribution is 7.80. The predicted octanol–water partition coefficient (Wildman–Crippen LogP) is 4.25. The molecule has 0 saturated heterocycles. The first-order valence-corrected chi connectivity index (χ1v) is 8.95. The molecule has 134 valence electrons. The lowest BCUT2D eigenvalue weighted by Gasteiger charge is -2.09. The van der Waals surface area contributed by atoms with Crippen molar-refractivity contribution in [3.8, 4) is 0 Å². The van der Waals surface area contributed by atoms with Gasteiger partial charge in [0.2, 0.25) is 0 Å². The van der Waals surface area contributed by atoms with Crippen LogP contribution in [0.5, 0.6) is 0 Å². The van der Waals surface area contributed by atoms with Gasteiger partial charge in [-0.3, -0.25) is 4.68 Å². The number of anilines is 1. The van der Waals surface area contributed by atoms with Gasteiger partial charge in [0.1, 0.15) is 10.8 Å². The van der Waals surface area contributed by atoms with E-state index in [1.807, 2.05) is 18.2 Å².